The first kappa shape index (κ1) is 11.6. The van der Waals surface area contributed by atoms with Crippen LogP contribution in [0.2, 0.25) is 0 Å². The van der Waals surface area contributed by atoms with Gasteiger partial charge in [0.05, 0.1) is 0 Å². The zero-order valence-corrected chi connectivity index (χ0v) is 6.93. The Kier molecular flexibility index (Phi) is 13.8. The summed E-state index contributed by atoms with van der Waals surface area (Å²) in [5.41, 5.74) is 0. The SMILES string of the molecule is C[CH-]C.[V+2].[c-]1cnoc1. The van der Waals surface area contributed by atoms with E-state index in [4.69, 9.17) is 0 Å². The first-order chi connectivity index (χ1) is 3.91. The van der Waals surface area contributed by atoms with Gasteiger partial charge < -0.3 is 17.0 Å². The molecule has 0 bridgehead atoms. The number of hydrogen-bond acceptors (Lipinski definition) is 2. The van der Waals surface area contributed by atoms with Crippen molar-refractivity contribution in [3.63, 3.8) is 0 Å². The largest absolute Gasteiger partial charge is 2.00 e. The number of rotatable bonds is 0. The van der Waals surface area contributed by atoms with E-state index in [0.717, 1.165) is 0 Å². The van der Waals surface area contributed by atoms with Crippen LogP contribution in [-0.2, 0) is 18.6 Å². The summed E-state index contributed by atoms with van der Waals surface area (Å²) in [6, 6.07) is 2.58. The van der Waals surface area contributed by atoms with Gasteiger partial charge in [0.25, 0.3) is 0 Å². The molecule has 9 heavy (non-hydrogen) atoms. The van der Waals surface area contributed by atoms with Crippen molar-refractivity contribution >= 4 is 0 Å². The normalized spacial score (nSPS) is 6.44. The van der Waals surface area contributed by atoms with Crippen LogP contribution >= 0.6 is 0 Å². The summed E-state index contributed by atoms with van der Waals surface area (Å²) < 4.78 is 4.28. The molecule has 0 atom stereocenters. The molecule has 0 saturated heterocycles. The van der Waals surface area contributed by atoms with Gasteiger partial charge in [-0.3, -0.25) is 0 Å². The summed E-state index contributed by atoms with van der Waals surface area (Å²) in [6.45, 7) is 4.00. The monoisotopic (exact) mass is 162 g/mol. The van der Waals surface area contributed by atoms with Gasteiger partial charge in [0, 0.05) is 0 Å². The van der Waals surface area contributed by atoms with Gasteiger partial charge in [-0.25, -0.2) is 0 Å². The van der Waals surface area contributed by atoms with E-state index in [1.54, 1.807) is 0 Å². The second-order valence-electron chi connectivity index (χ2n) is 1.20. The van der Waals surface area contributed by atoms with Crippen molar-refractivity contribution in [3.8, 4) is 0 Å². The molecule has 0 aliphatic rings. The molecule has 0 aromatic carbocycles. The summed E-state index contributed by atoms with van der Waals surface area (Å²) in [6.07, 6.45) is 4.85. The van der Waals surface area contributed by atoms with Crippen LogP contribution in [0.1, 0.15) is 13.8 Å². The van der Waals surface area contributed by atoms with Gasteiger partial charge in [-0.05, 0) is 0 Å². The van der Waals surface area contributed by atoms with Crippen molar-refractivity contribution < 1.29 is 23.1 Å². The molecule has 0 amide bonds. The van der Waals surface area contributed by atoms with Gasteiger partial charge in [-0.1, -0.05) is 6.26 Å². The molecular formula is C6H9NOV. The third-order valence-corrected chi connectivity index (χ3v) is 0.309. The Bertz CT molecular complexity index is 80.0. The van der Waals surface area contributed by atoms with E-state index in [9.17, 15) is 0 Å². The van der Waals surface area contributed by atoms with Crippen LogP contribution in [0.4, 0.5) is 0 Å². The fourth-order valence-electron chi connectivity index (χ4n) is 0.152. The quantitative estimate of drug-likeness (QED) is 0.542. The van der Waals surface area contributed by atoms with Gasteiger partial charge in [-0.2, -0.15) is 13.8 Å². The second-order valence-corrected chi connectivity index (χ2v) is 1.20. The van der Waals surface area contributed by atoms with Gasteiger partial charge in [0.2, 0.25) is 0 Å². The number of aromatic nitrogens is 1. The molecule has 1 radical (unpaired) electrons. The molecule has 0 fully saturated rings. The van der Waals surface area contributed by atoms with Gasteiger partial charge >= 0.3 is 18.6 Å². The van der Waals surface area contributed by atoms with Crippen LogP contribution in [0.5, 0.6) is 0 Å². The Morgan fingerprint density at radius 2 is 2.11 bits per heavy atom. The minimum atomic E-state index is 0. The molecule has 2 nitrogen and oxygen atoms in total. The van der Waals surface area contributed by atoms with E-state index < -0.39 is 0 Å². The maximum atomic E-state index is 4.28. The van der Waals surface area contributed by atoms with Crippen LogP contribution in [0.15, 0.2) is 17.0 Å². The number of nitrogens with zero attached hydrogens (tertiary/aromatic N) is 1. The topological polar surface area (TPSA) is 26.0 Å². The summed E-state index contributed by atoms with van der Waals surface area (Å²) >= 11 is 0. The van der Waals surface area contributed by atoms with E-state index in [0.29, 0.717) is 0 Å². The molecule has 0 N–H and O–H groups in total. The fourth-order valence-corrected chi connectivity index (χ4v) is 0.152. The Labute approximate surface area is 67.5 Å². The third kappa shape index (κ3) is 11.4. The molecule has 1 aromatic heterocycles. The van der Waals surface area contributed by atoms with E-state index in [1.165, 1.54) is 12.5 Å². The van der Waals surface area contributed by atoms with Crippen molar-refractivity contribution in [2.45, 2.75) is 13.8 Å². The first-order valence-corrected chi connectivity index (χ1v) is 2.41. The molecule has 1 rings (SSSR count). The zero-order valence-electron chi connectivity index (χ0n) is 5.53. The molecular weight excluding hydrogens is 153 g/mol. The predicted octanol–water partition coefficient (Wildman–Crippen LogP) is 1.70. The Morgan fingerprint density at radius 3 is 2.22 bits per heavy atom. The van der Waals surface area contributed by atoms with E-state index in [1.807, 2.05) is 20.3 Å². The Morgan fingerprint density at radius 1 is 1.56 bits per heavy atom. The van der Waals surface area contributed by atoms with Gasteiger partial charge in [0.1, 0.15) is 0 Å². The maximum absolute atomic E-state index is 4.28. The molecule has 49 valence electrons. The minimum Gasteiger partial charge on any atom is -0.410 e. The van der Waals surface area contributed by atoms with E-state index in [2.05, 4.69) is 15.7 Å². The second kappa shape index (κ2) is 10.7. The molecule has 0 aliphatic carbocycles. The summed E-state index contributed by atoms with van der Waals surface area (Å²) in [7, 11) is 0. The van der Waals surface area contributed by atoms with Crippen LogP contribution in [0.3, 0.4) is 0 Å². The molecule has 1 heterocycles. The Hall–Kier alpha value is -0.206. The first-order valence-electron chi connectivity index (χ1n) is 2.41. The molecule has 0 aliphatic heterocycles. The van der Waals surface area contributed by atoms with Crippen LogP contribution in [0.25, 0.3) is 0 Å². The van der Waals surface area contributed by atoms with E-state index >= 15 is 0 Å². The number of hydrogen-bond donors (Lipinski definition) is 0. The van der Waals surface area contributed by atoms with Crippen LogP contribution in [0, 0.1) is 12.5 Å². The van der Waals surface area contributed by atoms with Gasteiger partial charge in [0.15, 0.2) is 0 Å². The predicted molar refractivity (Wildman–Crippen MR) is 31.0 cm³/mol. The molecule has 3 heteroatoms. The third-order valence-electron chi connectivity index (χ3n) is 0.309. The standard InChI is InChI=1S/C3H2NO.C3H7.V/c1-2-4-5-3-1;1-3-2;/h2-3H;3H,1-2H3;/q2*-1;+2. The zero-order chi connectivity index (χ0) is 6.24. The molecule has 0 unspecified atom stereocenters. The summed E-state index contributed by atoms with van der Waals surface area (Å²) in [4.78, 5) is 0. The van der Waals surface area contributed by atoms with Crippen molar-refractivity contribution in [2.24, 2.45) is 0 Å². The smallest absolute Gasteiger partial charge is 0.410 e. The average molecular weight is 162 g/mol. The molecule has 0 spiro atoms. The van der Waals surface area contributed by atoms with Crippen molar-refractivity contribution in [1.29, 1.82) is 0 Å². The van der Waals surface area contributed by atoms with Crippen molar-refractivity contribution in [3.05, 3.63) is 24.9 Å². The van der Waals surface area contributed by atoms with Crippen LogP contribution in [-0.4, -0.2) is 5.16 Å². The summed E-state index contributed by atoms with van der Waals surface area (Å²) in [5, 5.41) is 3.29. The van der Waals surface area contributed by atoms with Crippen molar-refractivity contribution in [2.75, 3.05) is 0 Å². The molecule has 0 saturated carbocycles. The fraction of sp³-hybridized carbons (Fsp3) is 0.333. The van der Waals surface area contributed by atoms with Crippen LogP contribution < -0.4 is 0 Å². The molecule has 1 aromatic rings. The maximum Gasteiger partial charge on any atom is 2.00 e. The Balaban J connectivity index is 0. The minimum absolute atomic E-state index is 0. The average Bonchev–Trinajstić information content (AvgIpc) is 2.17. The van der Waals surface area contributed by atoms with E-state index in [-0.39, 0.29) is 18.6 Å². The van der Waals surface area contributed by atoms with Crippen molar-refractivity contribution in [1.82, 2.24) is 5.16 Å². The summed E-state index contributed by atoms with van der Waals surface area (Å²) in [5.74, 6) is 0. The van der Waals surface area contributed by atoms with Gasteiger partial charge in [-0.15, -0.1) is 11.4 Å².